The molecule has 2 aliphatic rings. The van der Waals surface area contributed by atoms with Gasteiger partial charge in [0.1, 0.15) is 0 Å². The van der Waals surface area contributed by atoms with Crippen molar-refractivity contribution in [3.8, 4) is 44.5 Å². The van der Waals surface area contributed by atoms with E-state index in [1.807, 2.05) is 0 Å². The second kappa shape index (κ2) is 14.4. The van der Waals surface area contributed by atoms with E-state index in [4.69, 9.17) is 0 Å². The molecule has 0 unspecified atom stereocenters. The second-order valence-corrected chi connectivity index (χ2v) is 17.6. The Labute approximate surface area is 370 Å². The van der Waals surface area contributed by atoms with E-state index in [9.17, 15) is 0 Å². The lowest BCUT2D eigenvalue weighted by molar-refractivity contribution is 0.563. The summed E-state index contributed by atoms with van der Waals surface area (Å²) in [5.74, 6) is 0. The highest BCUT2D eigenvalue weighted by Crippen LogP contribution is 2.62. The standard InChI is InChI=1S/C62H45N/c1-61(2)55-22-10-12-24-57(55)62(58-25-13-11-23-56(58)61)54-21-9-8-20-52(54)53-40-35-48(41-59(53)62)46-33-38-50(39-34-46)63(60-26-14-18-47-17-6-7-19-51(47)60)49-36-31-45(32-37-49)44-29-27-43(28-30-44)42-15-4-3-5-16-42/h3-41H,1-2H3. The maximum absolute atomic E-state index is 2.49. The first-order chi connectivity index (χ1) is 31.0. The van der Waals surface area contributed by atoms with Crippen molar-refractivity contribution in [1.29, 1.82) is 0 Å². The lowest BCUT2D eigenvalue weighted by atomic mass is 9.55. The monoisotopic (exact) mass is 803 g/mol. The van der Waals surface area contributed by atoms with Crippen molar-refractivity contribution in [3.63, 3.8) is 0 Å². The number of nitrogens with zero attached hydrogens (tertiary/aromatic N) is 1. The molecule has 0 saturated carbocycles. The summed E-state index contributed by atoms with van der Waals surface area (Å²) in [4.78, 5) is 2.40. The second-order valence-electron chi connectivity index (χ2n) is 17.6. The van der Waals surface area contributed by atoms with Gasteiger partial charge >= 0.3 is 0 Å². The molecule has 0 atom stereocenters. The van der Waals surface area contributed by atoms with Crippen LogP contribution in [0.15, 0.2) is 237 Å². The van der Waals surface area contributed by atoms with Crippen molar-refractivity contribution in [3.05, 3.63) is 270 Å². The van der Waals surface area contributed by atoms with Gasteiger partial charge in [-0.25, -0.2) is 0 Å². The Morgan fingerprint density at radius 3 is 1.35 bits per heavy atom. The van der Waals surface area contributed by atoms with Crippen LogP contribution >= 0.6 is 0 Å². The zero-order valence-corrected chi connectivity index (χ0v) is 35.5. The van der Waals surface area contributed by atoms with Gasteiger partial charge in [0, 0.05) is 22.2 Å². The van der Waals surface area contributed by atoms with Crippen LogP contribution in [0, 0.1) is 0 Å². The van der Waals surface area contributed by atoms with Gasteiger partial charge in [0.25, 0.3) is 0 Å². The van der Waals surface area contributed by atoms with E-state index in [1.165, 1.54) is 88.7 Å². The molecule has 0 aliphatic heterocycles. The Kier molecular flexibility index (Phi) is 8.49. The smallest absolute Gasteiger partial charge is 0.0719 e. The van der Waals surface area contributed by atoms with Gasteiger partial charge < -0.3 is 4.90 Å². The van der Waals surface area contributed by atoms with Crippen LogP contribution in [0.1, 0.15) is 47.2 Å². The normalized spacial score (nSPS) is 13.8. The number of hydrogen-bond acceptors (Lipinski definition) is 1. The van der Waals surface area contributed by atoms with Crippen molar-refractivity contribution in [2.75, 3.05) is 4.90 Å². The lowest BCUT2D eigenvalue weighted by Gasteiger charge is -2.46. The fourth-order valence-corrected chi connectivity index (χ4v) is 11.0. The summed E-state index contributed by atoms with van der Waals surface area (Å²) in [5.41, 5.74) is 21.0. The SMILES string of the molecule is CC1(C)c2ccccc2C2(c3ccccc3-c3ccc(-c4ccc(N(c5ccc(-c6ccc(-c7ccccc7)cc6)cc5)c5cccc6ccccc56)cc4)cc32)c2ccccc21. The molecule has 298 valence electrons. The van der Waals surface area contributed by atoms with E-state index in [0.717, 1.165) is 17.1 Å². The van der Waals surface area contributed by atoms with Crippen LogP contribution in [0.3, 0.4) is 0 Å². The largest absolute Gasteiger partial charge is 0.310 e. The van der Waals surface area contributed by atoms with E-state index in [2.05, 4.69) is 255 Å². The molecule has 0 saturated heterocycles. The zero-order valence-electron chi connectivity index (χ0n) is 35.5. The summed E-state index contributed by atoms with van der Waals surface area (Å²) >= 11 is 0. The number of hydrogen-bond donors (Lipinski definition) is 0. The third-order valence-corrected chi connectivity index (χ3v) is 14.0. The van der Waals surface area contributed by atoms with Gasteiger partial charge in [0.2, 0.25) is 0 Å². The molecule has 0 bridgehead atoms. The van der Waals surface area contributed by atoms with E-state index >= 15 is 0 Å². The number of benzene rings is 10. The van der Waals surface area contributed by atoms with Gasteiger partial charge in [-0.05, 0) is 120 Å². The lowest BCUT2D eigenvalue weighted by Crippen LogP contribution is -2.40. The average Bonchev–Trinajstić information content (AvgIpc) is 3.64. The van der Waals surface area contributed by atoms with Crippen molar-refractivity contribution in [2.45, 2.75) is 24.7 Å². The maximum Gasteiger partial charge on any atom is 0.0719 e. The molecule has 0 N–H and O–H groups in total. The summed E-state index contributed by atoms with van der Waals surface area (Å²) < 4.78 is 0. The Morgan fingerprint density at radius 2 is 0.730 bits per heavy atom. The molecule has 63 heavy (non-hydrogen) atoms. The summed E-state index contributed by atoms with van der Waals surface area (Å²) in [6, 6.07) is 87.6. The molecule has 1 nitrogen and oxygen atoms in total. The van der Waals surface area contributed by atoms with E-state index in [1.54, 1.807) is 0 Å². The number of anilines is 3. The van der Waals surface area contributed by atoms with Crippen LogP contribution in [0.4, 0.5) is 17.1 Å². The molecule has 0 heterocycles. The molecule has 1 spiro atoms. The van der Waals surface area contributed by atoms with Crippen molar-refractivity contribution in [2.24, 2.45) is 0 Å². The van der Waals surface area contributed by atoms with Crippen LogP contribution < -0.4 is 4.90 Å². The zero-order chi connectivity index (χ0) is 42.1. The Morgan fingerprint density at radius 1 is 0.302 bits per heavy atom. The summed E-state index contributed by atoms with van der Waals surface area (Å²) in [5, 5.41) is 2.43. The van der Waals surface area contributed by atoms with Crippen molar-refractivity contribution in [1.82, 2.24) is 0 Å². The first-order valence-electron chi connectivity index (χ1n) is 22.1. The molecule has 0 aromatic heterocycles. The van der Waals surface area contributed by atoms with E-state index < -0.39 is 5.41 Å². The summed E-state index contributed by atoms with van der Waals surface area (Å²) in [7, 11) is 0. The molecule has 0 fully saturated rings. The van der Waals surface area contributed by atoms with Gasteiger partial charge in [-0.15, -0.1) is 0 Å². The van der Waals surface area contributed by atoms with Crippen LogP contribution in [0.25, 0.3) is 55.3 Å². The topological polar surface area (TPSA) is 3.24 Å². The minimum atomic E-state index is -0.425. The van der Waals surface area contributed by atoms with Crippen LogP contribution in [0.2, 0.25) is 0 Å². The Hall–Kier alpha value is -7.74. The molecular formula is C62H45N. The average molecular weight is 804 g/mol. The van der Waals surface area contributed by atoms with E-state index in [0.29, 0.717) is 0 Å². The van der Waals surface area contributed by atoms with Crippen LogP contribution in [-0.2, 0) is 10.8 Å². The Balaban J connectivity index is 0.960. The minimum Gasteiger partial charge on any atom is -0.310 e. The quantitative estimate of drug-likeness (QED) is 0.162. The molecule has 0 radical (unpaired) electrons. The molecule has 10 aromatic carbocycles. The van der Waals surface area contributed by atoms with Crippen LogP contribution in [-0.4, -0.2) is 0 Å². The predicted octanol–water partition coefficient (Wildman–Crippen LogP) is 16.3. The summed E-state index contributed by atoms with van der Waals surface area (Å²) in [6.45, 7) is 4.77. The first kappa shape index (κ1) is 37.1. The molecule has 1 heteroatoms. The maximum atomic E-state index is 2.49. The third kappa shape index (κ3) is 5.70. The first-order valence-corrected chi connectivity index (χ1v) is 22.1. The minimum absolute atomic E-state index is 0.131. The molecule has 0 amide bonds. The fourth-order valence-electron chi connectivity index (χ4n) is 11.0. The number of rotatable bonds is 6. The Bertz CT molecular complexity index is 3280. The highest BCUT2D eigenvalue weighted by Gasteiger charge is 2.53. The molecule has 10 aromatic rings. The van der Waals surface area contributed by atoms with Crippen molar-refractivity contribution >= 4 is 27.8 Å². The molecule has 12 rings (SSSR count). The van der Waals surface area contributed by atoms with Gasteiger partial charge in [-0.1, -0.05) is 214 Å². The third-order valence-electron chi connectivity index (χ3n) is 14.0. The molecular weight excluding hydrogens is 759 g/mol. The van der Waals surface area contributed by atoms with Crippen molar-refractivity contribution < 1.29 is 0 Å². The number of fused-ring (bicyclic) bond motifs is 10. The predicted molar refractivity (Wildman–Crippen MR) is 264 cm³/mol. The van der Waals surface area contributed by atoms with Crippen LogP contribution in [0.5, 0.6) is 0 Å². The summed E-state index contributed by atoms with van der Waals surface area (Å²) in [6.07, 6.45) is 0. The van der Waals surface area contributed by atoms with Gasteiger partial charge in [0.05, 0.1) is 11.1 Å². The van der Waals surface area contributed by atoms with Gasteiger partial charge in [0.15, 0.2) is 0 Å². The highest BCUT2D eigenvalue weighted by molar-refractivity contribution is 5.99. The van der Waals surface area contributed by atoms with Gasteiger partial charge in [-0.2, -0.15) is 0 Å². The van der Waals surface area contributed by atoms with E-state index in [-0.39, 0.29) is 5.41 Å². The fraction of sp³-hybridized carbons (Fsp3) is 0.0645. The highest BCUT2D eigenvalue weighted by atomic mass is 15.1. The molecule has 2 aliphatic carbocycles. The van der Waals surface area contributed by atoms with Gasteiger partial charge in [-0.3, -0.25) is 0 Å².